The Labute approximate surface area is 128 Å². The van der Waals surface area contributed by atoms with E-state index in [1.54, 1.807) is 11.3 Å². The van der Waals surface area contributed by atoms with E-state index < -0.39 is 11.4 Å². The van der Waals surface area contributed by atoms with E-state index in [0.717, 1.165) is 19.5 Å². The number of carboxylic acid groups (broad SMARTS) is 1. The van der Waals surface area contributed by atoms with Gasteiger partial charge in [0.1, 0.15) is 0 Å². The zero-order valence-electron chi connectivity index (χ0n) is 12.1. The van der Waals surface area contributed by atoms with Crippen LogP contribution in [-0.2, 0) is 11.3 Å². The average molecular weight is 301 g/mol. The monoisotopic (exact) mass is 301 g/mol. The highest BCUT2D eigenvalue weighted by Crippen LogP contribution is 2.33. The van der Waals surface area contributed by atoms with E-state index in [-0.39, 0.29) is 0 Å². The summed E-state index contributed by atoms with van der Waals surface area (Å²) in [5.74, 6) is -0.679. The number of carbonyl (C=O) groups is 1. The molecule has 3 nitrogen and oxygen atoms in total. The van der Waals surface area contributed by atoms with E-state index in [1.807, 2.05) is 25.1 Å². The number of hydrogen-bond donors (Lipinski definition) is 1. The first-order valence-electron chi connectivity index (χ1n) is 7.17. The second-order valence-corrected chi connectivity index (χ2v) is 7.13. The quantitative estimate of drug-likeness (QED) is 0.936. The molecule has 1 aromatic heterocycles. The Kier molecular flexibility index (Phi) is 3.83. The normalized spacial score (nSPS) is 22.5. The molecule has 1 aliphatic rings. The van der Waals surface area contributed by atoms with Crippen molar-refractivity contribution in [1.29, 1.82) is 0 Å². The molecule has 1 atom stereocenters. The summed E-state index contributed by atoms with van der Waals surface area (Å²) in [6.45, 7) is 4.20. The van der Waals surface area contributed by atoms with Crippen molar-refractivity contribution in [3.63, 3.8) is 0 Å². The van der Waals surface area contributed by atoms with Crippen LogP contribution in [0.4, 0.5) is 0 Å². The minimum absolute atomic E-state index is 0.584. The molecule has 0 aliphatic carbocycles. The zero-order chi connectivity index (χ0) is 14.9. The van der Waals surface area contributed by atoms with Gasteiger partial charge in [-0.15, -0.1) is 11.3 Å². The molecule has 0 spiro atoms. The van der Waals surface area contributed by atoms with E-state index >= 15 is 0 Å². The molecule has 4 heteroatoms. The van der Waals surface area contributed by atoms with Gasteiger partial charge in [0.05, 0.1) is 5.41 Å². The van der Waals surface area contributed by atoms with Gasteiger partial charge in [-0.05, 0) is 37.6 Å². The molecule has 0 amide bonds. The molecule has 21 heavy (non-hydrogen) atoms. The minimum atomic E-state index is -0.679. The lowest BCUT2D eigenvalue weighted by Crippen LogP contribution is -2.31. The minimum Gasteiger partial charge on any atom is -0.481 e. The largest absolute Gasteiger partial charge is 0.481 e. The van der Waals surface area contributed by atoms with Crippen LogP contribution in [0.1, 0.15) is 18.2 Å². The smallest absolute Gasteiger partial charge is 0.310 e. The Bertz CT molecular complexity index is 637. The SMILES string of the molecule is CC1(C(=O)O)CCN(Cc2ccc(-c3ccccc3)s2)C1. The number of nitrogens with zero attached hydrogens (tertiary/aromatic N) is 1. The van der Waals surface area contributed by atoms with Gasteiger partial charge in [0.15, 0.2) is 0 Å². The van der Waals surface area contributed by atoms with Gasteiger partial charge in [-0.2, -0.15) is 0 Å². The molecule has 0 bridgehead atoms. The molecule has 3 rings (SSSR count). The molecule has 110 valence electrons. The fourth-order valence-electron chi connectivity index (χ4n) is 2.81. The van der Waals surface area contributed by atoms with Crippen LogP contribution < -0.4 is 0 Å². The second-order valence-electron chi connectivity index (χ2n) is 5.96. The van der Waals surface area contributed by atoms with Crippen molar-refractivity contribution in [3.05, 3.63) is 47.3 Å². The van der Waals surface area contributed by atoms with Gasteiger partial charge in [0.2, 0.25) is 0 Å². The van der Waals surface area contributed by atoms with E-state index in [9.17, 15) is 9.90 Å². The number of thiophene rings is 1. The first-order valence-corrected chi connectivity index (χ1v) is 7.98. The van der Waals surface area contributed by atoms with Crippen LogP contribution in [0, 0.1) is 5.41 Å². The summed E-state index contributed by atoms with van der Waals surface area (Å²) < 4.78 is 0. The van der Waals surface area contributed by atoms with Gasteiger partial charge in [0, 0.05) is 22.8 Å². The van der Waals surface area contributed by atoms with Gasteiger partial charge in [-0.3, -0.25) is 9.69 Å². The Morgan fingerprint density at radius 1 is 1.29 bits per heavy atom. The average Bonchev–Trinajstić information content (AvgIpc) is 3.08. The standard InChI is InChI=1S/C17H19NO2S/c1-17(16(19)20)9-10-18(12-17)11-14-7-8-15(21-14)13-5-3-2-4-6-13/h2-8H,9-12H2,1H3,(H,19,20). The summed E-state index contributed by atoms with van der Waals surface area (Å²) in [5.41, 5.74) is 0.657. The van der Waals surface area contributed by atoms with Crippen molar-refractivity contribution in [1.82, 2.24) is 4.90 Å². The number of aliphatic carboxylic acids is 1. The second kappa shape index (κ2) is 5.62. The number of carboxylic acids is 1. The highest BCUT2D eigenvalue weighted by Gasteiger charge is 2.40. The van der Waals surface area contributed by atoms with Crippen LogP contribution in [0.25, 0.3) is 10.4 Å². The first-order chi connectivity index (χ1) is 10.1. The Hall–Kier alpha value is -1.65. The molecule has 2 heterocycles. The summed E-state index contributed by atoms with van der Waals surface area (Å²) in [7, 11) is 0. The molecule has 1 N–H and O–H groups in total. The van der Waals surface area contributed by atoms with Crippen LogP contribution in [0.3, 0.4) is 0 Å². The van der Waals surface area contributed by atoms with E-state index in [1.165, 1.54) is 15.3 Å². The van der Waals surface area contributed by atoms with Crippen LogP contribution in [0.5, 0.6) is 0 Å². The fourth-order valence-corrected chi connectivity index (χ4v) is 3.86. The van der Waals surface area contributed by atoms with Crippen LogP contribution in [-0.4, -0.2) is 29.1 Å². The van der Waals surface area contributed by atoms with Gasteiger partial charge >= 0.3 is 5.97 Å². The van der Waals surface area contributed by atoms with Crippen LogP contribution in [0.2, 0.25) is 0 Å². The van der Waals surface area contributed by atoms with Crippen molar-refractivity contribution in [2.24, 2.45) is 5.41 Å². The maximum atomic E-state index is 11.3. The molecular weight excluding hydrogens is 282 g/mol. The summed E-state index contributed by atoms with van der Waals surface area (Å²) in [6.07, 6.45) is 0.735. The van der Waals surface area contributed by atoms with E-state index in [4.69, 9.17) is 0 Å². The predicted octanol–water partition coefficient (Wildman–Crippen LogP) is 3.71. The molecule has 1 saturated heterocycles. The number of rotatable bonds is 4. The van der Waals surface area contributed by atoms with Crippen molar-refractivity contribution >= 4 is 17.3 Å². The molecule has 1 unspecified atom stereocenters. The topological polar surface area (TPSA) is 40.5 Å². The van der Waals surface area contributed by atoms with E-state index in [0.29, 0.717) is 6.54 Å². The maximum Gasteiger partial charge on any atom is 0.310 e. The lowest BCUT2D eigenvalue weighted by atomic mass is 9.90. The van der Waals surface area contributed by atoms with Crippen molar-refractivity contribution in [2.45, 2.75) is 19.9 Å². The molecule has 1 aliphatic heterocycles. The highest BCUT2D eigenvalue weighted by molar-refractivity contribution is 7.15. The van der Waals surface area contributed by atoms with Gasteiger partial charge in [-0.1, -0.05) is 30.3 Å². The highest BCUT2D eigenvalue weighted by atomic mass is 32.1. The summed E-state index contributed by atoms with van der Waals surface area (Å²) in [5, 5.41) is 9.29. The summed E-state index contributed by atoms with van der Waals surface area (Å²) in [6, 6.07) is 14.7. The Balaban J connectivity index is 1.68. The maximum absolute atomic E-state index is 11.3. The molecule has 1 aromatic carbocycles. The zero-order valence-corrected chi connectivity index (χ0v) is 12.9. The van der Waals surface area contributed by atoms with E-state index in [2.05, 4.69) is 29.2 Å². The van der Waals surface area contributed by atoms with Gasteiger partial charge in [-0.25, -0.2) is 0 Å². The molecule has 0 saturated carbocycles. The van der Waals surface area contributed by atoms with Crippen molar-refractivity contribution in [2.75, 3.05) is 13.1 Å². The lowest BCUT2D eigenvalue weighted by molar-refractivity contribution is -0.147. The predicted molar refractivity (Wildman–Crippen MR) is 85.4 cm³/mol. The fraction of sp³-hybridized carbons (Fsp3) is 0.353. The molecule has 2 aromatic rings. The van der Waals surface area contributed by atoms with Crippen molar-refractivity contribution in [3.8, 4) is 10.4 Å². The molecule has 1 fully saturated rings. The third-order valence-corrected chi connectivity index (χ3v) is 5.29. The van der Waals surface area contributed by atoms with Crippen LogP contribution in [0.15, 0.2) is 42.5 Å². The molecular formula is C17H19NO2S. The van der Waals surface area contributed by atoms with Gasteiger partial charge in [0.25, 0.3) is 0 Å². The summed E-state index contributed by atoms with van der Waals surface area (Å²) in [4.78, 5) is 16.1. The van der Waals surface area contributed by atoms with Gasteiger partial charge < -0.3 is 5.11 Å². The number of likely N-dealkylation sites (tertiary alicyclic amines) is 1. The Morgan fingerprint density at radius 2 is 2.05 bits per heavy atom. The Morgan fingerprint density at radius 3 is 2.71 bits per heavy atom. The molecule has 0 radical (unpaired) electrons. The third kappa shape index (κ3) is 3.01. The van der Waals surface area contributed by atoms with Crippen LogP contribution >= 0.6 is 11.3 Å². The van der Waals surface area contributed by atoms with Crippen molar-refractivity contribution < 1.29 is 9.90 Å². The number of hydrogen-bond acceptors (Lipinski definition) is 3. The third-order valence-electron chi connectivity index (χ3n) is 4.17. The first kappa shape index (κ1) is 14.3. The summed E-state index contributed by atoms with van der Waals surface area (Å²) >= 11 is 1.79. The lowest BCUT2D eigenvalue weighted by Gasteiger charge is -2.19. The number of benzene rings is 1.